The monoisotopic (exact) mass is 1030 g/mol. The van der Waals surface area contributed by atoms with Crippen LogP contribution in [0.1, 0.15) is 106 Å². The predicted octanol–water partition coefficient (Wildman–Crippen LogP) is 20.6. The molecule has 10 aromatic carbocycles. The van der Waals surface area contributed by atoms with E-state index in [1.54, 1.807) is 31.4 Å². The Labute approximate surface area is 476 Å². The maximum atomic E-state index is 10.3. The van der Waals surface area contributed by atoms with Crippen LogP contribution in [0, 0.1) is 0 Å². The molecule has 0 aromatic heterocycles. The lowest BCUT2D eigenvalue weighted by molar-refractivity contribution is 0.281. The number of aliphatic hydroxyl groups excluding tert-OH is 1. The number of methoxy groups -OCH3 is 1. The van der Waals surface area contributed by atoms with Crippen LogP contribution in [-0.2, 0) is 6.61 Å². The van der Waals surface area contributed by atoms with Gasteiger partial charge in [0.15, 0.2) is 0 Å². The van der Waals surface area contributed by atoms with Crippen molar-refractivity contribution in [3.63, 3.8) is 0 Å². The molecule has 0 saturated heterocycles. The van der Waals surface area contributed by atoms with E-state index < -0.39 is 12.1 Å². The van der Waals surface area contributed by atoms with Gasteiger partial charge in [-0.05, 0) is 201 Å². The van der Waals surface area contributed by atoms with Gasteiger partial charge in [0.05, 0.1) is 27.4 Å². The molecular formula is C74H68N2O2. The molecule has 0 bridgehead atoms. The van der Waals surface area contributed by atoms with Crippen LogP contribution < -0.4 is 14.5 Å². The largest absolute Gasteiger partial charge is 0.497 e. The van der Waals surface area contributed by atoms with Crippen LogP contribution in [-0.4, -0.2) is 12.2 Å². The van der Waals surface area contributed by atoms with Crippen LogP contribution in [0.2, 0.25) is 0 Å². The summed E-state index contributed by atoms with van der Waals surface area (Å²) in [5, 5.41) is 10.3. The Morgan fingerprint density at radius 2 is 0.667 bits per heavy atom. The fourth-order valence-electron chi connectivity index (χ4n) is 11.7. The Morgan fingerprint density at radius 3 is 1.00 bits per heavy atom. The zero-order valence-corrected chi connectivity index (χ0v) is 44.0. The number of aliphatic hydroxyl groups is 1. The second kappa shape index (κ2) is 23.4. The number of benzene rings is 10. The van der Waals surface area contributed by atoms with Crippen molar-refractivity contribution in [2.24, 2.45) is 0 Å². The third-order valence-corrected chi connectivity index (χ3v) is 15.8. The van der Waals surface area contributed by atoms with Crippen LogP contribution in [0.3, 0.4) is 0 Å². The van der Waals surface area contributed by atoms with Crippen LogP contribution in [0.5, 0.6) is 5.75 Å². The highest BCUT2D eigenvalue weighted by Gasteiger charge is 2.21. The number of rotatable bonds is 15. The van der Waals surface area contributed by atoms with Crippen molar-refractivity contribution in [3.05, 3.63) is 259 Å². The van der Waals surface area contributed by atoms with Gasteiger partial charge in [-0.15, -0.1) is 0 Å². The predicted molar refractivity (Wildman–Crippen MR) is 327 cm³/mol. The molecule has 0 aliphatic heterocycles. The Hall–Kier alpha value is -8.44. The van der Waals surface area contributed by atoms with E-state index in [9.17, 15) is 5.11 Å². The lowest BCUT2D eigenvalue weighted by Gasteiger charge is -2.27. The third kappa shape index (κ3) is 11.2. The molecule has 0 amide bonds. The average molecular weight is 1030 g/mol. The van der Waals surface area contributed by atoms with Crippen molar-refractivity contribution in [2.75, 3.05) is 16.9 Å². The maximum Gasteiger partial charge on any atom is 0.119 e. The van der Waals surface area contributed by atoms with E-state index in [1.165, 1.54) is 62.5 Å². The molecular weight excluding hydrogens is 949 g/mol. The van der Waals surface area contributed by atoms with E-state index in [-0.39, 0.29) is 66.1 Å². The van der Waals surface area contributed by atoms with Crippen LogP contribution in [0.15, 0.2) is 242 Å². The van der Waals surface area contributed by atoms with Crippen LogP contribution in [0.25, 0.3) is 55.6 Å². The first-order valence-corrected chi connectivity index (χ1v) is 27.5. The van der Waals surface area contributed by atoms with Crippen molar-refractivity contribution < 1.29 is 23.6 Å². The summed E-state index contributed by atoms with van der Waals surface area (Å²) in [6.45, 7) is -0.0351. The molecule has 2 aliphatic carbocycles. The van der Waals surface area contributed by atoms with Crippen molar-refractivity contribution in [2.45, 2.75) is 82.7 Å². The summed E-state index contributed by atoms with van der Waals surface area (Å²) in [6, 6.07) is 58.1. The number of hydrogen-bond donors (Lipinski definition) is 1. The molecule has 0 atom stereocenters. The average Bonchev–Trinajstić information content (AvgIpc) is 3.15. The van der Waals surface area contributed by atoms with Gasteiger partial charge in [0, 0.05) is 34.1 Å². The summed E-state index contributed by atoms with van der Waals surface area (Å²) in [6.07, 6.45) is 12.1. The van der Waals surface area contributed by atoms with Gasteiger partial charge in [0.25, 0.3) is 0 Å². The summed E-state index contributed by atoms with van der Waals surface area (Å²) in [7, 11) is 1.72. The summed E-state index contributed by atoms with van der Waals surface area (Å²) in [5.41, 5.74) is 16.1. The minimum absolute atomic E-state index is 0.0351. The summed E-state index contributed by atoms with van der Waals surface area (Å²) < 4.78 is 90.2. The number of hydrogen-bond acceptors (Lipinski definition) is 4. The lowest BCUT2D eigenvalue weighted by Crippen LogP contribution is -2.10. The first kappa shape index (κ1) is 39.9. The molecule has 78 heavy (non-hydrogen) atoms. The molecule has 4 nitrogen and oxygen atoms in total. The number of ether oxygens (including phenoxy) is 1. The van der Waals surface area contributed by atoms with Gasteiger partial charge in [-0.2, -0.15) is 0 Å². The SMILES string of the molecule is [2H]c1c([2H])c([2H])c(-c2ccc(N(c3ccc(-c4ccc(N(c5ccc(-c6cc(OC)cc(C7CCCCC7)c6)cc5)c5ccc(-c6c([2H])c([2H])c([2H])c([2H])c6[2H])cc5)cc4)cc3)c3ccc(-c4cc(CO)cc(C5CCCCC5)c4)cc3)cc2)c([2H])c1[2H]. The molecule has 0 radical (unpaired) electrons. The Kier molecular flexibility index (Phi) is 12.0. The minimum Gasteiger partial charge on any atom is -0.497 e. The van der Waals surface area contributed by atoms with Crippen molar-refractivity contribution in [3.8, 4) is 61.4 Å². The molecule has 2 saturated carbocycles. The molecule has 0 unspecified atom stereocenters. The topological polar surface area (TPSA) is 35.9 Å². The molecule has 2 aliphatic rings. The van der Waals surface area contributed by atoms with Gasteiger partial charge < -0.3 is 19.6 Å². The first-order chi connectivity index (χ1) is 42.7. The standard InChI is InChI=1S/C74H68N2O2/c1-78-74-50-66(57-20-12-5-13-21-57)49-67(51-74)63-32-44-73(45-33-63)76(69-36-24-59(25-37-69)55-16-8-3-9-17-55)71-40-28-61(29-41-71)60-26-38-70(39-27-60)75(68-34-22-58(23-35-68)54-14-6-2-7-15-54)72-42-30-62(31-43-72)65-47-53(52-77)46-64(48-65)56-18-10-4-11-19-56/h2-3,6-9,14-17,22-51,56-57,77H,4-5,10-13,18-21,52H2,1H3/i2D,3D,6D,7D,8D,9D,14D,15D,16D,17D. The Balaban J connectivity index is 0.884. The second-order valence-electron chi connectivity index (χ2n) is 20.7. The van der Waals surface area contributed by atoms with E-state index in [0.29, 0.717) is 23.0 Å². The first-order valence-electron chi connectivity index (χ1n) is 32.5. The van der Waals surface area contributed by atoms with Crippen molar-refractivity contribution in [1.82, 2.24) is 0 Å². The third-order valence-electron chi connectivity index (χ3n) is 15.8. The van der Waals surface area contributed by atoms with Crippen LogP contribution in [0.4, 0.5) is 34.1 Å². The van der Waals surface area contributed by atoms with Crippen molar-refractivity contribution >= 4 is 34.1 Å². The number of nitrogens with zero attached hydrogens (tertiary/aromatic N) is 2. The van der Waals surface area contributed by atoms with Gasteiger partial charge in [-0.25, -0.2) is 0 Å². The fraction of sp³-hybridized carbons (Fsp3) is 0.189. The van der Waals surface area contributed by atoms with Gasteiger partial charge in [-0.3, -0.25) is 0 Å². The molecule has 0 spiro atoms. The van der Waals surface area contributed by atoms with Gasteiger partial charge in [0.1, 0.15) is 5.75 Å². The van der Waals surface area contributed by atoms with Crippen LogP contribution >= 0.6 is 0 Å². The van der Waals surface area contributed by atoms with E-state index in [1.807, 2.05) is 24.3 Å². The van der Waals surface area contributed by atoms with Crippen molar-refractivity contribution in [1.29, 1.82) is 0 Å². The van der Waals surface area contributed by atoms with E-state index in [2.05, 4.69) is 143 Å². The summed E-state index contributed by atoms with van der Waals surface area (Å²) in [4.78, 5) is 4.28. The smallest absolute Gasteiger partial charge is 0.119 e. The highest BCUT2D eigenvalue weighted by Crippen LogP contribution is 2.43. The van der Waals surface area contributed by atoms with E-state index >= 15 is 0 Å². The molecule has 386 valence electrons. The molecule has 1 N–H and O–H groups in total. The highest BCUT2D eigenvalue weighted by atomic mass is 16.5. The highest BCUT2D eigenvalue weighted by molar-refractivity contribution is 5.84. The second-order valence-corrected chi connectivity index (χ2v) is 20.7. The normalized spacial score (nSPS) is 15.8. The maximum absolute atomic E-state index is 10.3. The quantitative estimate of drug-likeness (QED) is 0.111. The Bertz CT molecular complexity index is 3840. The minimum atomic E-state index is -0.435. The zero-order chi connectivity index (χ0) is 61.3. The zero-order valence-electron chi connectivity index (χ0n) is 54.0. The Morgan fingerprint density at radius 1 is 0.359 bits per heavy atom. The molecule has 4 heteroatoms. The fourth-order valence-corrected chi connectivity index (χ4v) is 11.7. The molecule has 12 rings (SSSR count). The number of anilines is 6. The van der Waals surface area contributed by atoms with E-state index in [4.69, 9.17) is 18.4 Å². The van der Waals surface area contributed by atoms with E-state index in [0.717, 1.165) is 91.7 Å². The van der Waals surface area contributed by atoms with Gasteiger partial charge in [-0.1, -0.05) is 190 Å². The molecule has 10 aromatic rings. The summed E-state index contributed by atoms with van der Waals surface area (Å²) >= 11 is 0. The van der Waals surface area contributed by atoms with Gasteiger partial charge in [0.2, 0.25) is 0 Å². The molecule has 0 heterocycles. The summed E-state index contributed by atoms with van der Waals surface area (Å²) in [5.74, 6) is 1.82. The lowest BCUT2D eigenvalue weighted by atomic mass is 9.82. The van der Waals surface area contributed by atoms with Gasteiger partial charge >= 0.3 is 0 Å². The molecule has 2 fully saturated rings.